The Hall–Kier alpha value is -1.90. The third-order valence-corrected chi connectivity index (χ3v) is 4.66. The number of hydrogen-bond acceptors (Lipinski definition) is 3. The average molecular weight is 344 g/mol. The van der Waals surface area contributed by atoms with Crippen molar-refractivity contribution in [3.8, 4) is 5.75 Å². The maximum absolute atomic E-state index is 6.24. The molecule has 0 aromatic heterocycles. The second-order valence-electron chi connectivity index (χ2n) is 7.76. The molecule has 0 N–H and O–H groups in total. The van der Waals surface area contributed by atoms with Crippen molar-refractivity contribution in [2.45, 2.75) is 58.4 Å². The van der Waals surface area contributed by atoms with Gasteiger partial charge in [0.1, 0.15) is 12.4 Å². The third kappa shape index (κ3) is 5.29. The van der Waals surface area contributed by atoms with Crippen LogP contribution in [0.1, 0.15) is 52.5 Å². The Balaban J connectivity index is 1.98. The van der Waals surface area contributed by atoms with E-state index >= 15 is 0 Å². The molecular weight excluding hydrogens is 310 g/mol. The first kappa shape index (κ1) is 19.4. The van der Waals surface area contributed by atoms with E-state index in [0.717, 1.165) is 30.2 Å². The van der Waals surface area contributed by atoms with E-state index < -0.39 is 0 Å². The van der Waals surface area contributed by atoms with Crippen LogP contribution in [0.3, 0.4) is 0 Å². The topological polar surface area (TPSA) is 21.7 Å². The highest BCUT2D eigenvalue weighted by Gasteiger charge is 2.27. The summed E-state index contributed by atoms with van der Waals surface area (Å²) in [5, 5.41) is 0. The first-order chi connectivity index (χ1) is 11.8. The van der Waals surface area contributed by atoms with Gasteiger partial charge in [-0.25, -0.2) is 0 Å². The Bertz CT molecular complexity index is 600. The number of benzene rings is 1. The van der Waals surface area contributed by atoms with Crippen LogP contribution in [0.15, 0.2) is 48.9 Å². The van der Waals surface area contributed by atoms with Gasteiger partial charge in [-0.2, -0.15) is 0 Å². The van der Waals surface area contributed by atoms with E-state index in [-0.39, 0.29) is 5.41 Å². The molecule has 1 heterocycles. The highest BCUT2D eigenvalue weighted by atomic mass is 16.5. The van der Waals surface area contributed by atoms with E-state index in [1.165, 1.54) is 12.0 Å². The predicted molar refractivity (Wildman–Crippen MR) is 105 cm³/mol. The predicted octanol–water partition coefficient (Wildman–Crippen LogP) is 5.28. The minimum Gasteiger partial charge on any atom is -0.498 e. The van der Waals surface area contributed by atoms with Crippen molar-refractivity contribution in [1.82, 2.24) is 4.90 Å². The van der Waals surface area contributed by atoms with Gasteiger partial charge in [-0.3, -0.25) is 0 Å². The van der Waals surface area contributed by atoms with Crippen molar-refractivity contribution in [2.75, 3.05) is 19.8 Å². The van der Waals surface area contributed by atoms with Crippen LogP contribution < -0.4 is 4.74 Å². The Morgan fingerprint density at radius 3 is 2.64 bits per heavy atom. The zero-order valence-electron chi connectivity index (χ0n) is 16.3. The van der Waals surface area contributed by atoms with Crippen LogP contribution >= 0.6 is 0 Å². The van der Waals surface area contributed by atoms with Crippen LogP contribution in [-0.4, -0.2) is 30.7 Å². The summed E-state index contributed by atoms with van der Waals surface area (Å²) in [6, 6.07) is 8.73. The maximum Gasteiger partial charge on any atom is 0.123 e. The molecule has 138 valence electrons. The van der Waals surface area contributed by atoms with Gasteiger partial charge in [0, 0.05) is 18.7 Å². The summed E-state index contributed by atoms with van der Waals surface area (Å²) in [7, 11) is 0. The van der Waals surface area contributed by atoms with Crippen molar-refractivity contribution in [2.24, 2.45) is 0 Å². The number of nitrogens with zero attached hydrogens (tertiary/aromatic N) is 1. The summed E-state index contributed by atoms with van der Waals surface area (Å²) in [6.45, 7) is 19.2. The van der Waals surface area contributed by atoms with Crippen molar-refractivity contribution in [3.05, 3.63) is 54.4 Å². The lowest BCUT2D eigenvalue weighted by atomic mass is 9.86. The Morgan fingerprint density at radius 1 is 1.24 bits per heavy atom. The van der Waals surface area contributed by atoms with Crippen LogP contribution in [-0.2, 0) is 10.2 Å². The van der Waals surface area contributed by atoms with Crippen LogP contribution in [0.2, 0.25) is 0 Å². The van der Waals surface area contributed by atoms with E-state index in [9.17, 15) is 0 Å². The molecule has 0 saturated carbocycles. The largest absolute Gasteiger partial charge is 0.498 e. The third-order valence-electron chi connectivity index (χ3n) is 4.66. The smallest absolute Gasteiger partial charge is 0.123 e. The minimum absolute atomic E-state index is 0.0742. The molecule has 1 unspecified atom stereocenters. The van der Waals surface area contributed by atoms with Gasteiger partial charge in [0.2, 0.25) is 0 Å². The van der Waals surface area contributed by atoms with Gasteiger partial charge in [-0.1, -0.05) is 52.1 Å². The number of hydrogen-bond donors (Lipinski definition) is 0. The number of ether oxygens (including phenoxy) is 2. The molecule has 2 rings (SSSR count). The summed E-state index contributed by atoms with van der Waals surface area (Å²) in [6.07, 6.45) is 3.01. The van der Waals surface area contributed by atoms with Crippen molar-refractivity contribution < 1.29 is 9.47 Å². The lowest BCUT2D eigenvalue weighted by molar-refractivity contribution is 0.186. The lowest BCUT2D eigenvalue weighted by Crippen LogP contribution is -2.33. The molecule has 0 amide bonds. The van der Waals surface area contributed by atoms with Crippen LogP contribution in [0.25, 0.3) is 0 Å². The Labute approximate surface area is 153 Å². The summed E-state index contributed by atoms with van der Waals surface area (Å²) >= 11 is 0. The van der Waals surface area contributed by atoms with Gasteiger partial charge >= 0.3 is 0 Å². The number of para-hydroxylation sites is 1. The second-order valence-corrected chi connectivity index (χ2v) is 7.76. The molecule has 1 fully saturated rings. The fraction of sp³-hybridized carbons (Fsp3) is 0.545. The van der Waals surface area contributed by atoms with Gasteiger partial charge in [-0.05, 0) is 36.8 Å². The van der Waals surface area contributed by atoms with E-state index in [1.807, 2.05) is 13.0 Å². The van der Waals surface area contributed by atoms with Crippen molar-refractivity contribution in [1.29, 1.82) is 0 Å². The molecule has 1 aliphatic rings. The molecule has 0 spiro atoms. The average Bonchev–Trinajstić information content (AvgIpc) is 3.01. The molecule has 25 heavy (non-hydrogen) atoms. The standard InChI is InChI=1S/C22H33NO2/c1-7-24-18(3)15-17(2)23-14-10-11-19(23)16-25-21-13-9-8-12-20(21)22(4,5)6/h8-9,12-13,19H,2-3,7,10-11,14-16H2,1,4-6H3. The van der Waals surface area contributed by atoms with Gasteiger partial charge in [0.25, 0.3) is 0 Å². The molecule has 0 bridgehead atoms. The van der Waals surface area contributed by atoms with Gasteiger partial charge < -0.3 is 14.4 Å². The monoisotopic (exact) mass is 343 g/mol. The van der Waals surface area contributed by atoms with E-state index in [0.29, 0.717) is 25.7 Å². The van der Waals surface area contributed by atoms with E-state index in [4.69, 9.17) is 9.47 Å². The van der Waals surface area contributed by atoms with Crippen molar-refractivity contribution in [3.63, 3.8) is 0 Å². The SMILES string of the molecule is C=C(CC(=C)N1CCCC1COc1ccccc1C(C)(C)C)OCC. The summed E-state index contributed by atoms with van der Waals surface area (Å²) in [5.41, 5.74) is 2.40. The Morgan fingerprint density at radius 2 is 1.96 bits per heavy atom. The normalized spacial score (nSPS) is 17.4. The first-order valence-electron chi connectivity index (χ1n) is 9.30. The maximum atomic E-state index is 6.24. The van der Waals surface area contributed by atoms with Crippen molar-refractivity contribution >= 4 is 0 Å². The molecule has 1 atom stereocenters. The highest BCUT2D eigenvalue weighted by molar-refractivity contribution is 5.38. The summed E-state index contributed by atoms with van der Waals surface area (Å²) < 4.78 is 11.7. The Kier molecular flexibility index (Phi) is 6.57. The molecule has 3 nitrogen and oxygen atoms in total. The van der Waals surface area contributed by atoms with E-state index in [2.05, 4.69) is 57.0 Å². The molecular formula is C22H33NO2. The van der Waals surface area contributed by atoms with Gasteiger partial charge in [-0.15, -0.1) is 0 Å². The molecule has 1 aromatic carbocycles. The molecule has 0 aliphatic carbocycles. The molecule has 0 radical (unpaired) electrons. The van der Waals surface area contributed by atoms with E-state index in [1.54, 1.807) is 0 Å². The fourth-order valence-corrected chi connectivity index (χ4v) is 3.41. The second kappa shape index (κ2) is 8.46. The number of likely N-dealkylation sites (tertiary alicyclic amines) is 1. The highest BCUT2D eigenvalue weighted by Crippen LogP contribution is 2.32. The van der Waals surface area contributed by atoms with Crippen LogP contribution in [0.4, 0.5) is 0 Å². The summed E-state index contributed by atoms with van der Waals surface area (Å²) in [4.78, 5) is 2.36. The van der Waals surface area contributed by atoms with Crippen LogP contribution in [0, 0.1) is 0 Å². The summed E-state index contributed by atoms with van der Waals surface area (Å²) in [5.74, 6) is 1.78. The zero-order valence-corrected chi connectivity index (χ0v) is 16.3. The fourth-order valence-electron chi connectivity index (χ4n) is 3.41. The lowest BCUT2D eigenvalue weighted by Gasteiger charge is -2.30. The molecule has 3 heteroatoms. The van der Waals surface area contributed by atoms with Gasteiger partial charge in [0.05, 0.1) is 18.4 Å². The molecule has 1 aromatic rings. The quantitative estimate of drug-likeness (QED) is 0.599. The molecule has 1 aliphatic heterocycles. The number of rotatable bonds is 8. The van der Waals surface area contributed by atoms with Crippen LogP contribution in [0.5, 0.6) is 5.75 Å². The van der Waals surface area contributed by atoms with Gasteiger partial charge in [0.15, 0.2) is 0 Å². The molecule has 1 saturated heterocycles. The zero-order chi connectivity index (χ0) is 18.4. The first-order valence-corrected chi connectivity index (χ1v) is 9.30. The minimum atomic E-state index is 0.0742.